The molecule has 0 aliphatic carbocycles. The van der Waals surface area contributed by atoms with Crippen LogP contribution in [-0.4, -0.2) is 59.5 Å². The van der Waals surface area contributed by atoms with Crippen molar-refractivity contribution >= 4 is 11.9 Å². The van der Waals surface area contributed by atoms with E-state index in [-0.39, 0.29) is 23.3 Å². The summed E-state index contributed by atoms with van der Waals surface area (Å²) < 4.78 is 5.02. The quantitative estimate of drug-likeness (QED) is 0.841. The molecule has 0 saturated carbocycles. The van der Waals surface area contributed by atoms with Gasteiger partial charge in [0.1, 0.15) is 6.26 Å². The standard InChI is InChI=1S/C12H16N2O4/c1-8-6-14(4-3-13(8)2)11(15)10-5-9(7-18-10)12(16)17/h5,7-8H,3-4,6H2,1-2H3,(H,16,17). The maximum atomic E-state index is 12.1. The Hall–Kier alpha value is -1.82. The zero-order chi connectivity index (χ0) is 13.3. The minimum absolute atomic E-state index is 0.000487. The van der Waals surface area contributed by atoms with Gasteiger partial charge >= 0.3 is 5.97 Å². The predicted molar refractivity (Wildman–Crippen MR) is 63.7 cm³/mol. The van der Waals surface area contributed by atoms with E-state index in [0.29, 0.717) is 13.1 Å². The van der Waals surface area contributed by atoms with Gasteiger partial charge in [-0.1, -0.05) is 0 Å². The molecule has 1 aliphatic rings. The molecule has 6 heteroatoms. The molecule has 1 saturated heterocycles. The second-order valence-electron chi connectivity index (χ2n) is 4.59. The molecule has 1 fully saturated rings. The van der Waals surface area contributed by atoms with E-state index in [4.69, 9.17) is 9.52 Å². The van der Waals surface area contributed by atoms with E-state index in [9.17, 15) is 9.59 Å². The lowest BCUT2D eigenvalue weighted by Gasteiger charge is -2.37. The highest BCUT2D eigenvalue weighted by Crippen LogP contribution is 2.14. The van der Waals surface area contributed by atoms with E-state index in [1.807, 2.05) is 14.0 Å². The number of carboxylic acids is 1. The second kappa shape index (κ2) is 4.81. The summed E-state index contributed by atoms with van der Waals surface area (Å²) in [4.78, 5) is 26.7. The summed E-state index contributed by atoms with van der Waals surface area (Å²) in [5.74, 6) is -1.25. The number of furan rings is 1. The summed E-state index contributed by atoms with van der Waals surface area (Å²) in [5.41, 5.74) is 0.000487. The Morgan fingerprint density at radius 2 is 2.17 bits per heavy atom. The Balaban J connectivity index is 2.09. The normalized spacial score (nSPS) is 21.0. The molecule has 1 unspecified atom stereocenters. The zero-order valence-electron chi connectivity index (χ0n) is 10.4. The molecule has 0 spiro atoms. The largest absolute Gasteiger partial charge is 0.478 e. The SMILES string of the molecule is CC1CN(C(=O)c2cc(C(=O)O)co2)CCN1C. The highest BCUT2D eigenvalue weighted by molar-refractivity contribution is 5.95. The van der Waals surface area contributed by atoms with E-state index in [2.05, 4.69) is 4.90 Å². The first-order chi connectivity index (χ1) is 8.49. The monoisotopic (exact) mass is 252 g/mol. The number of hydrogen-bond acceptors (Lipinski definition) is 4. The van der Waals surface area contributed by atoms with Crippen molar-refractivity contribution in [2.24, 2.45) is 0 Å². The Morgan fingerprint density at radius 1 is 1.44 bits per heavy atom. The molecule has 1 amide bonds. The molecule has 6 nitrogen and oxygen atoms in total. The molecule has 18 heavy (non-hydrogen) atoms. The molecule has 1 N–H and O–H groups in total. The molecule has 0 aromatic carbocycles. The van der Waals surface area contributed by atoms with Crippen molar-refractivity contribution in [2.75, 3.05) is 26.7 Å². The number of aromatic carboxylic acids is 1. The Bertz CT molecular complexity index is 468. The molecule has 1 aromatic rings. The third-order valence-electron chi connectivity index (χ3n) is 3.30. The van der Waals surface area contributed by atoms with Crippen molar-refractivity contribution in [3.63, 3.8) is 0 Å². The van der Waals surface area contributed by atoms with Gasteiger partial charge in [0.15, 0.2) is 5.76 Å². The predicted octanol–water partition coefficient (Wildman–Crippen LogP) is 0.754. The lowest BCUT2D eigenvalue weighted by molar-refractivity contribution is 0.0542. The van der Waals surface area contributed by atoms with Crippen molar-refractivity contribution in [3.05, 3.63) is 23.7 Å². The fourth-order valence-corrected chi connectivity index (χ4v) is 1.95. The molecule has 2 heterocycles. The van der Waals surface area contributed by atoms with Crippen LogP contribution in [0.2, 0.25) is 0 Å². The lowest BCUT2D eigenvalue weighted by Crippen LogP contribution is -2.51. The molecule has 2 rings (SSSR count). The topological polar surface area (TPSA) is 74.0 Å². The van der Waals surface area contributed by atoms with E-state index >= 15 is 0 Å². The number of piperazine rings is 1. The molecular formula is C12H16N2O4. The first-order valence-electron chi connectivity index (χ1n) is 5.80. The minimum atomic E-state index is -1.09. The van der Waals surface area contributed by atoms with Crippen molar-refractivity contribution < 1.29 is 19.1 Å². The van der Waals surface area contributed by atoms with Gasteiger partial charge in [-0.15, -0.1) is 0 Å². The molecule has 1 atom stereocenters. The molecule has 98 valence electrons. The molecular weight excluding hydrogens is 236 g/mol. The average Bonchev–Trinajstić information content (AvgIpc) is 2.81. The van der Waals surface area contributed by atoms with Gasteiger partial charge in [0, 0.05) is 31.7 Å². The number of nitrogens with zero attached hydrogens (tertiary/aromatic N) is 2. The van der Waals surface area contributed by atoms with Crippen molar-refractivity contribution in [1.82, 2.24) is 9.80 Å². The van der Waals surface area contributed by atoms with Gasteiger partial charge in [-0.3, -0.25) is 4.79 Å². The van der Waals surface area contributed by atoms with Crippen LogP contribution in [0, 0.1) is 0 Å². The van der Waals surface area contributed by atoms with Gasteiger partial charge < -0.3 is 19.3 Å². The van der Waals surface area contributed by atoms with E-state index in [1.165, 1.54) is 6.07 Å². The smallest absolute Gasteiger partial charge is 0.338 e. The van der Waals surface area contributed by atoms with Crippen LogP contribution in [-0.2, 0) is 0 Å². The van der Waals surface area contributed by atoms with Crippen molar-refractivity contribution in [2.45, 2.75) is 13.0 Å². The number of likely N-dealkylation sites (N-methyl/N-ethyl adjacent to an activating group) is 1. The number of rotatable bonds is 2. The summed E-state index contributed by atoms with van der Waals surface area (Å²) in [6.07, 6.45) is 1.09. The summed E-state index contributed by atoms with van der Waals surface area (Å²) in [6.45, 7) is 4.10. The maximum absolute atomic E-state index is 12.1. The minimum Gasteiger partial charge on any atom is -0.478 e. The van der Waals surface area contributed by atoms with Crippen LogP contribution >= 0.6 is 0 Å². The van der Waals surface area contributed by atoms with Crippen LogP contribution in [0.25, 0.3) is 0 Å². The first-order valence-corrected chi connectivity index (χ1v) is 5.80. The number of carbonyl (C=O) groups excluding carboxylic acids is 1. The fraction of sp³-hybridized carbons (Fsp3) is 0.500. The number of amides is 1. The average molecular weight is 252 g/mol. The van der Waals surface area contributed by atoms with Gasteiger partial charge in [0.2, 0.25) is 0 Å². The van der Waals surface area contributed by atoms with Gasteiger partial charge in [0.25, 0.3) is 5.91 Å². The molecule has 1 aliphatic heterocycles. The summed E-state index contributed by atoms with van der Waals surface area (Å²) in [5, 5.41) is 8.78. The number of carbonyl (C=O) groups is 2. The maximum Gasteiger partial charge on any atom is 0.338 e. The van der Waals surface area contributed by atoms with E-state index in [0.717, 1.165) is 12.8 Å². The molecule has 0 bridgehead atoms. The zero-order valence-corrected chi connectivity index (χ0v) is 10.4. The number of carboxylic acid groups (broad SMARTS) is 1. The summed E-state index contributed by atoms with van der Waals surface area (Å²) in [6, 6.07) is 1.56. The van der Waals surface area contributed by atoms with Gasteiger partial charge in [0.05, 0.1) is 5.56 Å². The Labute approximate surface area is 105 Å². The van der Waals surface area contributed by atoms with Crippen LogP contribution < -0.4 is 0 Å². The van der Waals surface area contributed by atoms with Crippen LogP contribution in [0.15, 0.2) is 16.7 Å². The highest BCUT2D eigenvalue weighted by Gasteiger charge is 2.27. The number of hydrogen-bond donors (Lipinski definition) is 1. The van der Waals surface area contributed by atoms with E-state index in [1.54, 1.807) is 4.90 Å². The second-order valence-corrected chi connectivity index (χ2v) is 4.59. The summed E-state index contributed by atoms with van der Waals surface area (Å²) >= 11 is 0. The molecule has 1 aromatic heterocycles. The van der Waals surface area contributed by atoms with Crippen LogP contribution in [0.5, 0.6) is 0 Å². The third kappa shape index (κ3) is 2.38. The van der Waals surface area contributed by atoms with E-state index < -0.39 is 5.97 Å². The first kappa shape index (κ1) is 12.6. The van der Waals surface area contributed by atoms with Gasteiger partial charge in [-0.05, 0) is 14.0 Å². The van der Waals surface area contributed by atoms with Gasteiger partial charge in [-0.25, -0.2) is 4.79 Å². The lowest BCUT2D eigenvalue weighted by atomic mass is 10.2. The van der Waals surface area contributed by atoms with Gasteiger partial charge in [-0.2, -0.15) is 0 Å². The van der Waals surface area contributed by atoms with Crippen molar-refractivity contribution in [3.8, 4) is 0 Å². The van der Waals surface area contributed by atoms with Crippen molar-refractivity contribution in [1.29, 1.82) is 0 Å². The summed E-state index contributed by atoms with van der Waals surface area (Å²) in [7, 11) is 2.02. The van der Waals surface area contributed by atoms with Crippen LogP contribution in [0.3, 0.4) is 0 Å². The third-order valence-corrected chi connectivity index (χ3v) is 3.30. The van der Waals surface area contributed by atoms with Crippen LogP contribution in [0.4, 0.5) is 0 Å². The van der Waals surface area contributed by atoms with Crippen LogP contribution in [0.1, 0.15) is 27.8 Å². The molecule has 0 radical (unpaired) electrons. The Morgan fingerprint density at radius 3 is 2.72 bits per heavy atom. The highest BCUT2D eigenvalue weighted by atomic mass is 16.4. The Kier molecular flexibility index (Phi) is 3.38. The fourth-order valence-electron chi connectivity index (χ4n) is 1.95.